The van der Waals surface area contributed by atoms with E-state index >= 15 is 0 Å². The lowest BCUT2D eigenvalue weighted by molar-refractivity contribution is -0.318. The lowest BCUT2D eigenvalue weighted by atomic mass is 9.96. The molecular weight excluding hydrogens is 911 g/mol. The summed E-state index contributed by atoms with van der Waals surface area (Å²) in [7, 11) is 1.32. The van der Waals surface area contributed by atoms with Crippen LogP contribution in [-0.2, 0) is 67.2 Å². The van der Waals surface area contributed by atoms with Gasteiger partial charge in [0.1, 0.15) is 30.5 Å². The number of hydrogen-bond donors (Lipinski definition) is 0. The molecule has 2 fully saturated rings. The first-order valence-electron chi connectivity index (χ1n) is 23.1. The van der Waals surface area contributed by atoms with Crippen molar-refractivity contribution in [2.24, 2.45) is 5.11 Å². The molecule has 0 spiro atoms. The first kappa shape index (κ1) is 50.2. The molecular formula is C55H53N3O13. The first-order chi connectivity index (χ1) is 34.9. The second-order valence-corrected chi connectivity index (χ2v) is 16.6. The molecule has 71 heavy (non-hydrogen) atoms. The molecule has 2 heterocycles. The Morgan fingerprint density at radius 2 is 0.859 bits per heavy atom. The molecule has 0 saturated carbocycles. The van der Waals surface area contributed by atoms with E-state index in [9.17, 15) is 19.9 Å². The smallest absolute Gasteiger partial charge is 0.338 e. The van der Waals surface area contributed by atoms with Crippen LogP contribution in [-0.4, -0.2) is 99.6 Å². The van der Waals surface area contributed by atoms with Crippen LogP contribution in [0.25, 0.3) is 10.4 Å². The molecule has 6 aromatic rings. The Kier molecular flexibility index (Phi) is 18.1. The molecule has 10 atom stereocenters. The first-order valence-corrected chi connectivity index (χ1v) is 23.1. The predicted octanol–water partition coefficient (Wildman–Crippen LogP) is 8.84. The van der Waals surface area contributed by atoms with Crippen LogP contribution in [0, 0.1) is 0 Å². The Bertz CT molecular complexity index is 2630. The van der Waals surface area contributed by atoms with Gasteiger partial charge in [-0.3, -0.25) is 0 Å². The standard InChI is InChI=1S/C55H53N3O13/c1-62-55-50(71-53(61)42-30-18-7-19-31-42)49(70-52(60)41-28-16-6-17-29-41)47(69-51(59)40-26-14-5-15-27-40)44(68-55)36-66-54-45(57-58-56)48(65-34-39-24-12-4-13-25-39)46(64-33-38-22-10-3-11-23-38)43(67-54)35-63-32-37-20-8-2-9-21-37/h2-31,43-50,54-55H,32-36H2,1H3/t43-,44-,45-,46-,47-,48-,49+,50-,54+,55+/m1/s1. The summed E-state index contributed by atoms with van der Waals surface area (Å²) in [6.07, 6.45) is -11.4. The number of rotatable bonds is 21. The molecule has 0 amide bonds. The van der Waals surface area contributed by atoms with Crippen molar-refractivity contribution in [3.63, 3.8) is 0 Å². The predicted molar refractivity (Wildman–Crippen MR) is 256 cm³/mol. The molecule has 0 radical (unpaired) electrons. The van der Waals surface area contributed by atoms with E-state index in [1.807, 2.05) is 91.0 Å². The van der Waals surface area contributed by atoms with Gasteiger partial charge in [0.25, 0.3) is 0 Å². The highest BCUT2D eigenvalue weighted by Gasteiger charge is 2.54. The fourth-order valence-electron chi connectivity index (χ4n) is 8.23. The molecule has 0 aliphatic carbocycles. The molecule has 2 aliphatic rings. The van der Waals surface area contributed by atoms with Gasteiger partial charge < -0.3 is 47.4 Å². The maximum atomic E-state index is 14.1. The molecule has 0 aromatic heterocycles. The van der Waals surface area contributed by atoms with E-state index in [4.69, 9.17) is 47.4 Å². The average molecular weight is 964 g/mol. The summed E-state index contributed by atoms with van der Waals surface area (Å²) in [5, 5.41) is 4.20. The highest BCUT2D eigenvalue weighted by atomic mass is 16.7. The minimum Gasteiger partial charge on any atom is -0.452 e. The molecule has 16 nitrogen and oxygen atoms in total. The number of ether oxygens (including phenoxy) is 10. The van der Waals surface area contributed by atoms with Gasteiger partial charge in [-0.1, -0.05) is 151 Å². The summed E-state index contributed by atoms with van der Waals surface area (Å²) in [6, 6.07) is 52.0. The number of carbonyl (C=O) groups is 3. The number of methoxy groups -OCH3 is 1. The van der Waals surface area contributed by atoms with Crippen LogP contribution >= 0.6 is 0 Å². The van der Waals surface area contributed by atoms with Crippen molar-refractivity contribution in [1.29, 1.82) is 0 Å². The van der Waals surface area contributed by atoms with E-state index in [0.717, 1.165) is 16.7 Å². The summed E-state index contributed by atoms with van der Waals surface area (Å²) < 4.78 is 63.7. The zero-order chi connectivity index (χ0) is 49.2. The molecule has 0 bridgehead atoms. The Hall–Kier alpha value is -7.24. The van der Waals surface area contributed by atoms with E-state index in [2.05, 4.69) is 10.0 Å². The van der Waals surface area contributed by atoms with E-state index in [1.54, 1.807) is 91.0 Å². The number of hydrogen-bond acceptors (Lipinski definition) is 14. The Morgan fingerprint density at radius 1 is 0.465 bits per heavy atom. The van der Waals surface area contributed by atoms with Crippen LogP contribution in [0.1, 0.15) is 47.8 Å². The topological polar surface area (TPSA) is 192 Å². The number of esters is 3. The Labute approximate surface area is 410 Å². The maximum Gasteiger partial charge on any atom is 0.338 e. The molecule has 2 aliphatic heterocycles. The molecule has 366 valence electrons. The second kappa shape index (κ2) is 25.6. The molecule has 0 N–H and O–H groups in total. The summed E-state index contributed by atoms with van der Waals surface area (Å²) >= 11 is 0. The van der Waals surface area contributed by atoms with Crippen molar-refractivity contribution < 1.29 is 61.8 Å². The monoisotopic (exact) mass is 963 g/mol. The summed E-state index contributed by atoms with van der Waals surface area (Å²) in [4.78, 5) is 45.0. The Morgan fingerprint density at radius 3 is 1.32 bits per heavy atom. The second-order valence-electron chi connectivity index (χ2n) is 16.6. The van der Waals surface area contributed by atoms with Crippen molar-refractivity contribution in [3.8, 4) is 0 Å². The zero-order valence-electron chi connectivity index (χ0n) is 38.8. The van der Waals surface area contributed by atoms with Crippen molar-refractivity contribution in [2.75, 3.05) is 20.3 Å². The van der Waals surface area contributed by atoms with Gasteiger partial charge in [0.05, 0.1) is 49.7 Å². The lowest BCUT2D eigenvalue weighted by Gasteiger charge is -2.46. The van der Waals surface area contributed by atoms with Crippen molar-refractivity contribution in [3.05, 3.63) is 226 Å². The molecule has 6 aromatic carbocycles. The summed E-state index contributed by atoms with van der Waals surface area (Å²) in [5.41, 5.74) is 13.3. The van der Waals surface area contributed by atoms with E-state index < -0.39 is 85.9 Å². The van der Waals surface area contributed by atoms with Gasteiger partial charge in [-0.2, -0.15) is 0 Å². The number of benzene rings is 6. The number of azide groups is 1. The fraction of sp³-hybridized carbons (Fsp3) is 0.291. The molecule has 0 unspecified atom stereocenters. The van der Waals surface area contributed by atoms with Gasteiger partial charge in [-0.15, -0.1) is 0 Å². The Balaban J connectivity index is 1.14. The van der Waals surface area contributed by atoms with Crippen LogP contribution in [0.4, 0.5) is 0 Å². The number of nitrogens with zero attached hydrogens (tertiary/aromatic N) is 3. The quantitative estimate of drug-likeness (QED) is 0.0219. The third-order valence-corrected chi connectivity index (χ3v) is 11.8. The lowest BCUT2D eigenvalue weighted by Crippen LogP contribution is -2.64. The van der Waals surface area contributed by atoms with Crippen LogP contribution in [0.5, 0.6) is 0 Å². The maximum absolute atomic E-state index is 14.1. The number of carbonyl (C=O) groups excluding carboxylic acids is 3. The molecule has 16 heteroatoms. The van der Waals surface area contributed by atoms with Gasteiger partial charge in [-0.05, 0) is 58.6 Å². The van der Waals surface area contributed by atoms with Crippen LogP contribution in [0.3, 0.4) is 0 Å². The average Bonchev–Trinajstić information content (AvgIpc) is 3.42. The highest BCUT2D eigenvalue weighted by molar-refractivity contribution is 5.91. The molecule has 8 rings (SSSR count). The normalized spacial score (nSPS) is 23.9. The van der Waals surface area contributed by atoms with E-state index in [1.165, 1.54) is 7.11 Å². The van der Waals surface area contributed by atoms with Crippen LogP contribution < -0.4 is 0 Å². The van der Waals surface area contributed by atoms with Gasteiger partial charge in [0, 0.05) is 12.0 Å². The van der Waals surface area contributed by atoms with Gasteiger partial charge in [0.15, 0.2) is 30.9 Å². The highest BCUT2D eigenvalue weighted by Crippen LogP contribution is 2.35. The summed E-state index contributed by atoms with van der Waals surface area (Å²) in [6.45, 7) is 0.0542. The van der Waals surface area contributed by atoms with Crippen molar-refractivity contribution in [2.45, 2.75) is 81.2 Å². The van der Waals surface area contributed by atoms with Crippen molar-refractivity contribution >= 4 is 17.9 Å². The SMILES string of the molecule is CO[C@H]1O[C@H](CO[C@H]2O[C@H](COCc3ccccc3)[C@@H](OCc3ccccc3)[C@H](OCc3ccccc3)[C@H]2N=[N+]=[N-])[C@@H](OC(=O)c2ccccc2)[C@H](OC(=O)c2ccccc2)[C@H]1OC(=O)c1ccccc1. The van der Waals surface area contributed by atoms with Gasteiger partial charge in [0.2, 0.25) is 0 Å². The van der Waals surface area contributed by atoms with Gasteiger partial charge in [-0.25, -0.2) is 14.4 Å². The minimum atomic E-state index is -1.55. The largest absolute Gasteiger partial charge is 0.452 e. The van der Waals surface area contributed by atoms with Crippen LogP contribution in [0.15, 0.2) is 187 Å². The van der Waals surface area contributed by atoms with Gasteiger partial charge >= 0.3 is 17.9 Å². The molecule has 2 saturated heterocycles. The van der Waals surface area contributed by atoms with E-state index in [0.29, 0.717) is 0 Å². The summed E-state index contributed by atoms with van der Waals surface area (Å²) in [5.74, 6) is -2.41. The zero-order valence-corrected chi connectivity index (χ0v) is 38.8. The minimum absolute atomic E-state index is 0.00262. The van der Waals surface area contributed by atoms with Crippen molar-refractivity contribution in [1.82, 2.24) is 0 Å². The fourth-order valence-corrected chi connectivity index (χ4v) is 8.23. The third-order valence-electron chi connectivity index (χ3n) is 11.8. The third kappa shape index (κ3) is 13.6. The van der Waals surface area contributed by atoms with Crippen LogP contribution in [0.2, 0.25) is 0 Å². The van der Waals surface area contributed by atoms with E-state index in [-0.39, 0.29) is 43.1 Å².